The molecule has 0 atom stereocenters. The van der Waals surface area contributed by atoms with E-state index in [1.807, 2.05) is 11.6 Å². The summed E-state index contributed by atoms with van der Waals surface area (Å²) in [7, 11) is -4.07. The first-order chi connectivity index (χ1) is 7.93. The number of rotatable bonds is 5. The van der Waals surface area contributed by atoms with Gasteiger partial charge in [0.15, 0.2) is 0 Å². The van der Waals surface area contributed by atoms with E-state index in [2.05, 4.69) is 0 Å². The molecule has 0 aliphatic rings. The van der Waals surface area contributed by atoms with Crippen molar-refractivity contribution in [2.75, 3.05) is 0 Å². The Morgan fingerprint density at radius 2 is 1.88 bits per heavy atom. The standard InChI is InChI=1S/C11H15NO4S/c1-3-4-11(13)12-17(14,15)16-10-7-5-9(2)6-8-10/h5-8H,3-4H2,1-2H3,(H,12,13). The Balaban J connectivity index is 2.66. The highest BCUT2D eigenvalue weighted by atomic mass is 32.2. The van der Waals surface area contributed by atoms with E-state index >= 15 is 0 Å². The van der Waals surface area contributed by atoms with Crippen molar-refractivity contribution in [2.24, 2.45) is 0 Å². The summed E-state index contributed by atoms with van der Waals surface area (Å²) in [6.07, 6.45) is 0.725. The maximum atomic E-state index is 11.4. The molecule has 0 aliphatic heterocycles. The van der Waals surface area contributed by atoms with Crippen LogP contribution in [0.1, 0.15) is 25.3 Å². The van der Waals surface area contributed by atoms with Gasteiger partial charge in [0.25, 0.3) is 0 Å². The van der Waals surface area contributed by atoms with Crippen LogP contribution in [0.3, 0.4) is 0 Å². The van der Waals surface area contributed by atoms with Crippen molar-refractivity contribution in [1.82, 2.24) is 4.72 Å². The summed E-state index contributed by atoms with van der Waals surface area (Å²) in [5.41, 5.74) is 0.991. The van der Waals surface area contributed by atoms with E-state index in [0.29, 0.717) is 6.42 Å². The highest BCUT2D eigenvalue weighted by molar-refractivity contribution is 7.85. The van der Waals surface area contributed by atoms with Crippen LogP contribution in [-0.2, 0) is 15.1 Å². The molecule has 0 heterocycles. The quantitative estimate of drug-likeness (QED) is 0.868. The summed E-state index contributed by atoms with van der Waals surface area (Å²) in [6, 6.07) is 6.50. The number of aryl methyl sites for hydroxylation is 1. The molecule has 1 aromatic carbocycles. The molecule has 0 saturated carbocycles. The Hall–Kier alpha value is -1.56. The minimum absolute atomic E-state index is 0.149. The molecule has 0 aromatic heterocycles. The van der Waals surface area contributed by atoms with Gasteiger partial charge < -0.3 is 4.18 Å². The van der Waals surface area contributed by atoms with E-state index in [-0.39, 0.29) is 12.2 Å². The minimum atomic E-state index is -4.07. The van der Waals surface area contributed by atoms with Gasteiger partial charge in [-0.2, -0.15) is 8.42 Å². The third-order valence-electron chi connectivity index (χ3n) is 1.94. The number of hydrogen-bond donors (Lipinski definition) is 1. The second-order valence-electron chi connectivity index (χ2n) is 3.63. The van der Waals surface area contributed by atoms with Gasteiger partial charge in [0, 0.05) is 6.42 Å². The number of amides is 1. The first-order valence-electron chi connectivity index (χ1n) is 5.24. The molecule has 5 nitrogen and oxygen atoms in total. The van der Waals surface area contributed by atoms with Gasteiger partial charge in [-0.05, 0) is 25.5 Å². The molecule has 0 saturated heterocycles. The van der Waals surface area contributed by atoms with Crippen LogP contribution in [0.25, 0.3) is 0 Å². The van der Waals surface area contributed by atoms with E-state index in [1.54, 1.807) is 19.1 Å². The van der Waals surface area contributed by atoms with Gasteiger partial charge in [-0.25, -0.2) is 4.72 Å². The van der Waals surface area contributed by atoms with E-state index < -0.39 is 16.2 Å². The smallest absolute Gasteiger partial charge is 0.367 e. The predicted molar refractivity (Wildman–Crippen MR) is 63.8 cm³/mol. The van der Waals surface area contributed by atoms with Crippen molar-refractivity contribution in [1.29, 1.82) is 0 Å². The molecule has 0 aliphatic carbocycles. The van der Waals surface area contributed by atoms with Crippen molar-refractivity contribution in [3.05, 3.63) is 29.8 Å². The zero-order valence-electron chi connectivity index (χ0n) is 9.76. The van der Waals surface area contributed by atoms with Crippen molar-refractivity contribution < 1.29 is 17.4 Å². The normalized spacial score (nSPS) is 10.9. The first-order valence-corrected chi connectivity index (χ1v) is 6.65. The average molecular weight is 257 g/mol. The van der Waals surface area contributed by atoms with Gasteiger partial charge in [-0.15, -0.1) is 0 Å². The van der Waals surface area contributed by atoms with E-state index in [4.69, 9.17) is 4.18 Å². The second-order valence-corrected chi connectivity index (χ2v) is 4.90. The van der Waals surface area contributed by atoms with Gasteiger partial charge in [0.05, 0.1) is 0 Å². The largest absolute Gasteiger partial charge is 0.409 e. The van der Waals surface area contributed by atoms with Crippen LogP contribution in [0.2, 0.25) is 0 Å². The Labute approximate surface area is 101 Å². The molecule has 94 valence electrons. The SMILES string of the molecule is CCCC(=O)NS(=O)(=O)Oc1ccc(C)cc1. The van der Waals surface area contributed by atoms with Gasteiger partial charge in [-0.3, -0.25) is 4.79 Å². The fourth-order valence-electron chi connectivity index (χ4n) is 1.16. The lowest BCUT2D eigenvalue weighted by atomic mass is 10.2. The summed E-state index contributed by atoms with van der Waals surface area (Å²) in [5, 5.41) is 0. The molecule has 1 rings (SSSR count). The van der Waals surface area contributed by atoms with Crippen molar-refractivity contribution in [3.63, 3.8) is 0 Å². The summed E-state index contributed by atoms with van der Waals surface area (Å²) in [6.45, 7) is 3.66. The monoisotopic (exact) mass is 257 g/mol. The Bertz CT molecular complexity index is 479. The lowest BCUT2D eigenvalue weighted by Gasteiger charge is -2.07. The molecule has 6 heteroatoms. The molecule has 1 N–H and O–H groups in total. The fourth-order valence-corrected chi connectivity index (χ4v) is 1.95. The third kappa shape index (κ3) is 4.86. The Kier molecular flexibility index (Phi) is 4.51. The molecule has 0 radical (unpaired) electrons. The molecule has 0 spiro atoms. The average Bonchev–Trinajstić information content (AvgIpc) is 2.20. The molecule has 0 fully saturated rings. The van der Waals surface area contributed by atoms with Crippen LogP contribution >= 0.6 is 0 Å². The van der Waals surface area contributed by atoms with Crippen LogP contribution in [0, 0.1) is 6.92 Å². The minimum Gasteiger partial charge on any atom is -0.367 e. The number of benzene rings is 1. The maximum absolute atomic E-state index is 11.4. The van der Waals surface area contributed by atoms with Crippen molar-refractivity contribution >= 4 is 16.2 Å². The first kappa shape index (κ1) is 13.5. The molecule has 17 heavy (non-hydrogen) atoms. The molecule has 1 aromatic rings. The topological polar surface area (TPSA) is 72.5 Å². The van der Waals surface area contributed by atoms with Gasteiger partial charge in [0.2, 0.25) is 5.91 Å². The number of nitrogens with one attached hydrogen (secondary N) is 1. The van der Waals surface area contributed by atoms with Crippen LogP contribution in [0.15, 0.2) is 24.3 Å². The number of hydrogen-bond acceptors (Lipinski definition) is 4. The fraction of sp³-hybridized carbons (Fsp3) is 0.364. The lowest BCUT2D eigenvalue weighted by Crippen LogP contribution is -2.33. The summed E-state index contributed by atoms with van der Waals surface area (Å²) < 4.78 is 29.4. The highest BCUT2D eigenvalue weighted by Crippen LogP contribution is 2.13. The molecule has 0 unspecified atom stereocenters. The van der Waals surface area contributed by atoms with Gasteiger partial charge >= 0.3 is 10.3 Å². The summed E-state index contributed by atoms with van der Waals surface area (Å²) >= 11 is 0. The van der Waals surface area contributed by atoms with Gasteiger partial charge in [-0.1, -0.05) is 24.6 Å². The van der Waals surface area contributed by atoms with E-state index in [9.17, 15) is 13.2 Å². The highest BCUT2D eigenvalue weighted by Gasteiger charge is 2.15. The maximum Gasteiger partial charge on any atom is 0.409 e. The van der Waals surface area contributed by atoms with Crippen molar-refractivity contribution in [2.45, 2.75) is 26.7 Å². The zero-order valence-corrected chi connectivity index (χ0v) is 10.6. The Morgan fingerprint density at radius 1 is 1.29 bits per heavy atom. The third-order valence-corrected chi connectivity index (χ3v) is 2.83. The molecule has 1 amide bonds. The summed E-state index contributed by atoms with van der Waals surface area (Å²) in [5.74, 6) is -0.396. The molecular formula is C11H15NO4S. The lowest BCUT2D eigenvalue weighted by molar-refractivity contribution is -0.119. The number of carbonyl (C=O) groups excluding carboxylic acids is 1. The van der Waals surface area contributed by atoms with Crippen LogP contribution in [0.5, 0.6) is 5.75 Å². The number of carbonyl (C=O) groups is 1. The zero-order chi connectivity index (χ0) is 12.9. The summed E-state index contributed by atoms with van der Waals surface area (Å²) in [4.78, 5) is 11.1. The van der Waals surface area contributed by atoms with Crippen molar-refractivity contribution in [3.8, 4) is 5.75 Å². The molecule has 0 bridgehead atoms. The van der Waals surface area contributed by atoms with Crippen LogP contribution in [-0.4, -0.2) is 14.3 Å². The van der Waals surface area contributed by atoms with Gasteiger partial charge in [0.1, 0.15) is 5.75 Å². The predicted octanol–water partition coefficient (Wildman–Crippen LogP) is 1.53. The van der Waals surface area contributed by atoms with E-state index in [1.165, 1.54) is 12.1 Å². The molecular weight excluding hydrogens is 242 g/mol. The Morgan fingerprint density at radius 3 is 2.41 bits per heavy atom. The van der Waals surface area contributed by atoms with Crippen LogP contribution in [0.4, 0.5) is 0 Å². The van der Waals surface area contributed by atoms with E-state index in [0.717, 1.165) is 5.56 Å². The van der Waals surface area contributed by atoms with Crippen LogP contribution < -0.4 is 8.91 Å². The second kappa shape index (κ2) is 5.67.